The van der Waals surface area contributed by atoms with Gasteiger partial charge in [-0.15, -0.1) is 0 Å². The molecule has 0 radical (unpaired) electrons. The number of hydrogen-bond acceptors (Lipinski definition) is 10. The topological polar surface area (TPSA) is 122 Å². The second-order valence-electron chi connectivity index (χ2n) is 24.0. The number of carbonyl (C=O) groups excluding carboxylic acids is 2. The van der Waals surface area contributed by atoms with Crippen LogP contribution in [0.4, 0.5) is 0 Å². The van der Waals surface area contributed by atoms with Crippen LogP contribution in [0, 0.1) is 0 Å². The highest BCUT2D eigenvalue weighted by molar-refractivity contribution is 8.14. The molecule has 0 saturated carbocycles. The van der Waals surface area contributed by atoms with Gasteiger partial charge in [0, 0.05) is 50.5 Å². The normalized spacial score (nSPS) is 13.5. The summed E-state index contributed by atoms with van der Waals surface area (Å²) in [5.74, 6) is 1.42. The Balaban J connectivity index is 4.79. The molecule has 77 heavy (non-hydrogen) atoms. The van der Waals surface area contributed by atoms with E-state index in [1.807, 2.05) is 0 Å². The molecule has 4 N–H and O–H groups in total. The van der Waals surface area contributed by atoms with Crippen LogP contribution in [-0.2, 0) is 9.59 Å². The van der Waals surface area contributed by atoms with E-state index in [0.717, 1.165) is 70.6 Å². The summed E-state index contributed by atoms with van der Waals surface area (Å²) in [5, 5.41) is 44.7. The van der Waals surface area contributed by atoms with E-state index < -0.39 is 24.4 Å². The fraction of sp³-hybridized carbons (Fsp3) is 0.970. The van der Waals surface area contributed by atoms with Crippen molar-refractivity contribution in [3.63, 3.8) is 0 Å². The molecule has 0 amide bonds. The zero-order chi connectivity index (χ0) is 56.3. The monoisotopic (exact) mass is 1130 g/mol. The van der Waals surface area contributed by atoms with Crippen molar-refractivity contribution in [3.05, 3.63) is 0 Å². The molecule has 0 heterocycles. The Hall–Kier alpha value is -0.200. The van der Waals surface area contributed by atoms with Crippen molar-refractivity contribution < 1.29 is 30.0 Å². The van der Waals surface area contributed by atoms with Crippen LogP contribution in [0.1, 0.15) is 342 Å². The second-order valence-corrected chi connectivity index (χ2v) is 26.3. The third-order valence-electron chi connectivity index (χ3n) is 16.0. The number of unbranched alkanes of at least 4 members (excludes halogenated alkanes) is 36. The maximum absolute atomic E-state index is 13.0. The molecule has 0 saturated heterocycles. The van der Waals surface area contributed by atoms with Gasteiger partial charge in [0.15, 0.2) is 10.2 Å². The third kappa shape index (κ3) is 58.8. The summed E-state index contributed by atoms with van der Waals surface area (Å²) in [5.41, 5.74) is 0. The highest BCUT2D eigenvalue weighted by Gasteiger charge is 2.19. The molecule has 0 aliphatic heterocycles. The first-order chi connectivity index (χ1) is 37.6. The zero-order valence-electron chi connectivity index (χ0n) is 51.9. The Bertz CT molecular complexity index is 1050. The summed E-state index contributed by atoms with van der Waals surface area (Å²) in [6, 6.07) is 0. The molecular weight excluding hydrogens is 993 g/mol. The van der Waals surface area contributed by atoms with Crippen molar-refractivity contribution in [2.24, 2.45) is 0 Å². The van der Waals surface area contributed by atoms with Crippen LogP contribution in [0.5, 0.6) is 0 Å². The van der Waals surface area contributed by atoms with Gasteiger partial charge in [-0.1, -0.05) is 308 Å². The molecule has 10 heteroatoms. The van der Waals surface area contributed by atoms with Gasteiger partial charge in [-0.3, -0.25) is 19.4 Å². The molecule has 8 nitrogen and oxygen atoms in total. The molecule has 4 unspecified atom stereocenters. The van der Waals surface area contributed by atoms with Gasteiger partial charge in [0.1, 0.15) is 0 Å². The van der Waals surface area contributed by atoms with Crippen molar-refractivity contribution in [1.82, 2.24) is 9.80 Å². The quantitative estimate of drug-likeness (QED) is 0.0438. The van der Waals surface area contributed by atoms with E-state index in [9.17, 15) is 30.0 Å². The molecule has 0 aromatic carbocycles. The van der Waals surface area contributed by atoms with Gasteiger partial charge in [-0.25, -0.2) is 0 Å². The van der Waals surface area contributed by atoms with E-state index in [4.69, 9.17) is 0 Å². The maximum atomic E-state index is 13.0. The predicted molar refractivity (Wildman–Crippen MR) is 341 cm³/mol. The number of carbonyl (C=O) groups is 2. The molecule has 0 aromatic rings. The molecule has 0 aliphatic carbocycles. The minimum Gasteiger partial charge on any atom is -0.392 e. The molecule has 0 aliphatic rings. The summed E-state index contributed by atoms with van der Waals surface area (Å²) in [7, 11) is 0. The molecule has 0 rings (SSSR count). The molecule has 0 bridgehead atoms. The molecule has 4 atom stereocenters. The van der Waals surface area contributed by atoms with Crippen LogP contribution < -0.4 is 0 Å². The molecular formula is C67H134N2O6S2. The minimum atomic E-state index is -0.410. The van der Waals surface area contributed by atoms with E-state index >= 15 is 0 Å². The van der Waals surface area contributed by atoms with Crippen LogP contribution in [0.3, 0.4) is 0 Å². The van der Waals surface area contributed by atoms with Gasteiger partial charge in [-0.05, 0) is 58.0 Å². The average Bonchev–Trinajstić information content (AvgIpc) is 3.40. The van der Waals surface area contributed by atoms with Gasteiger partial charge >= 0.3 is 0 Å². The maximum Gasteiger partial charge on any atom is 0.188 e. The second kappa shape index (κ2) is 61.9. The van der Waals surface area contributed by atoms with E-state index in [1.165, 1.54) is 255 Å². The lowest BCUT2D eigenvalue weighted by molar-refractivity contribution is -0.111. The SMILES string of the molecule is CCCCCCCCCCCCC(O)CN(CCCC(=O)SCCCSC(=O)CCCN(CC(O)CCCCCCCCCCCC)CC(O)CCCCCCCCCCCC)CC(O)CCCCCCCCCCCC. The Labute approximate surface area is 488 Å². The summed E-state index contributed by atoms with van der Waals surface area (Å²) in [6.07, 6.45) is 55.9. The number of nitrogens with zero attached hydrogens (tertiary/aromatic N) is 2. The van der Waals surface area contributed by atoms with Crippen molar-refractivity contribution in [2.45, 2.75) is 367 Å². The van der Waals surface area contributed by atoms with Gasteiger partial charge in [0.25, 0.3) is 0 Å². The van der Waals surface area contributed by atoms with Crippen LogP contribution in [0.2, 0.25) is 0 Å². The summed E-state index contributed by atoms with van der Waals surface area (Å²) >= 11 is 2.76. The predicted octanol–water partition coefficient (Wildman–Crippen LogP) is 18.7. The molecule has 0 spiro atoms. The minimum absolute atomic E-state index is 0.184. The third-order valence-corrected chi connectivity index (χ3v) is 18.0. The lowest BCUT2D eigenvalue weighted by Crippen LogP contribution is -2.38. The highest BCUT2D eigenvalue weighted by atomic mass is 32.2. The van der Waals surface area contributed by atoms with Gasteiger partial charge in [0.2, 0.25) is 0 Å². The first-order valence-corrected chi connectivity index (χ1v) is 36.1. The zero-order valence-corrected chi connectivity index (χ0v) is 53.6. The number of aliphatic hydroxyl groups is 4. The van der Waals surface area contributed by atoms with E-state index in [1.54, 1.807) is 0 Å². The first-order valence-electron chi connectivity index (χ1n) is 34.1. The van der Waals surface area contributed by atoms with Gasteiger partial charge in [0.05, 0.1) is 24.4 Å². The molecule has 0 aromatic heterocycles. The largest absolute Gasteiger partial charge is 0.392 e. The van der Waals surface area contributed by atoms with E-state index in [-0.39, 0.29) is 10.2 Å². The fourth-order valence-corrected chi connectivity index (χ4v) is 12.8. The van der Waals surface area contributed by atoms with Crippen LogP contribution in [-0.4, -0.2) is 116 Å². The Morgan fingerprint density at radius 3 is 0.688 bits per heavy atom. The number of aliphatic hydroxyl groups excluding tert-OH is 4. The fourth-order valence-electron chi connectivity index (χ4n) is 11.0. The van der Waals surface area contributed by atoms with E-state index in [2.05, 4.69) is 37.5 Å². The van der Waals surface area contributed by atoms with E-state index in [0.29, 0.717) is 63.6 Å². The van der Waals surface area contributed by atoms with Gasteiger partial charge in [-0.2, -0.15) is 0 Å². The van der Waals surface area contributed by atoms with Crippen molar-refractivity contribution in [3.8, 4) is 0 Å². The summed E-state index contributed by atoms with van der Waals surface area (Å²) in [4.78, 5) is 30.4. The highest BCUT2D eigenvalue weighted by Crippen LogP contribution is 2.20. The Morgan fingerprint density at radius 1 is 0.286 bits per heavy atom. The number of hydrogen-bond donors (Lipinski definition) is 4. The first kappa shape index (κ1) is 76.8. The molecule has 460 valence electrons. The summed E-state index contributed by atoms with van der Waals surface area (Å²) < 4.78 is 0. The van der Waals surface area contributed by atoms with Crippen molar-refractivity contribution in [2.75, 3.05) is 50.8 Å². The van der Waals surface area contributed by atoms with Crippen LogP contribution >= 0.6 is 23.5 Å². The van der Waals surface area contributed by atoms with Crippen LogP contribution in [0.15, 0.2) is 0 Å². The summed E-state index contributed by atoms with van der Waals surface area (Å²) in [6.45, 7) is 12.7. The number of thioether (sulfide) groups is 2. The van der Waals surface area contributed by atoms with Crippen molar-refractivity contribution in [1.29, 1.82) is 0 Å². The lowest BCUT2D eigenvalue weighted by atomic mass is 10.0. The Kier molecular flexibility index (Phi) is 61.7. The van der Waals surface area contributed by atoms with Gasteiger partial charge < -0.3 is 20.4 Å². The molecule has 0 fully saturated rings. The standard InChI is InChI=1S/C67H134N2O6S2/c1-5-9-13-17-21-25-29-33-37-41-48-62(70)58-68(59-63(71)49-42-38-34-30-26-22-18-14-10-6-2)54-45-52-66(74)76-56-47-57-77-67(75)53-46-55-69(60-64(72)50-43-39-35-31-27-23-19-15-11-7-3)61-65(73)51-44-40-36-32-28-24-20-16-12-8-4/h62-65,70-73H,5-61H2,1-4H3. The number of rotatable bonds is 64. The Morgan fingerprint density at radius 2 is 0.481 bits per heavy atom. The van der Waals surface area contributed by atoms with Crippen LogP contribution in [0.25, 0.3) is 0 Å². The van der Waals surface area contributed by atoms with Crippen molar-refractivity contribution >= 4 is 33.8 Å². The average molecular weight is 1130 g/mol. The lowest BCUT2D eigenvalue weighted by Gasteiger charge is -2.27. The smallest absolute Gasteiger partial charge is 0.188 e.